The van der Waals surface area contributed by atoms with E-state index in [1.165, 1.54) is 12.4 Å². The highest BCUT2D eigenvalue weighted by molar-refractivity contribution is 5.98. The molecular formula is C29H32FN7O2. The Morgan fingerprint density at radius 2 is 1.87 bits per heavy atom. The maximum Gasteiger partial charge on any atom is 0.282 e. The molecule has 0 aliphatic carbocycles. The lowest BCUT2D eigenvalue weighted by molar-refractivity contribution is -0.129. The van der Waals surface area contributed by atoms with Crippen LogP contribution < -0.4 is 15.8 Å². The van der Waals surface area contributed by atoms with Crippen LogP contribution in [0.15, 0.2) is 72.8 Å². The number of para-hydroxylation sites is 1. The van der Waals surface area contributed by atoms with Crippen molar-refractivity contribution < 1.29 is 13.9 Å². The Bertz CT molecular complexity index is 1500. The molecule has 1 saturated heterocycles. The van der Waals surface area contributed by atoms with E-state index in [2.05, 4.69) is 15.3 Å². The Kier molecular flexibility index (Phi) is 7.30. The second-order valence-corrected chi connectivity index (χ2v) is 10.2. The molecule has 2 aromatic carbocycles. The molecular weight excluding hydrogens is 497 g/mol. The van der Waals surface area contributed by atoms with E-state index in [0.717, 1.165) is 24.2 Å². The summed E-state index contributed by atoms with van der Waals surface area (Å²) < 4.78 is 22.6. The number of likely N-dealkylation sites (N-methyl/N-ethyl adjacent to an activating group) is 1. The Morgan fingerprint density at radius 1 is 1.15 bits per heavy atom. The van der Waals surface area contributed by atoms with Crippen molar-refractivity contribution in [2.45, 2.75) is 44.8 Å². The number of nitrogens with zero attached hydrogens (tertiary/aromatic N) is 5. The summed E-state index contributed by atoms with van der Waals surface area (Å²) in [5.41, 5.74) is 7.66. The summed E-state index contributed by atoms with van der Waals surface area (Å²) in [5.74, 6) is 0.370. The average molecular weight is 530 g/mol. The molecule has 2 aromatic heterocycles. The van der Waals surface area contributed by atoms with Crippen LogP contribution in [-0.2, 0) is 11.3 Å². The van der Waals surface area contributed by atoms with Gasteiger partial charge >= 0.3 is 0 Å². The topological polar surface area (TPSA) is 111 Å². The van der Waals surface area contributed by atoms with Crippen molar-refractivity contribution >= 4 is 22.8 Å². The van der Waals surface area contributed by atoms with Gasteiger partial charge in [0.25, 0.3) is 5.91 Å². The summed E-state index contributed by atoms with van der Waals surface area (Å²) in [4.78, 5) is 23.2. The van der Waals surface area contributed by atoms with Crippen molar-refractivity contribution in [2.24, 2.45) is 0 Å². The number of carbonyl (C=O) groups is 1. The fourth-order valence-electron chi connectivity index (χ4n) is 4.75. The monoisotopic (exact) mass is 529 g/mol. The van der Waals surface area contributed by atoms with Crippen molar-refractivity contribution in [3.63, 3.8) is 0 Å². The third kappa shape index (κ3) is 5.61. The molecule has 4 aromatic rings. The number of likely N-dealkylation sites (tertiary alicyclic amines) is 1. The van der Waals surface area contributed by atoms with E-state index >= 15 is 0 Å². The summed E-state index contributed by atoms with van der Waals surface area (Å²) in [6, 6.07) is 16.9. The Hall–Kier alpha value is -4.31. The number of amides is 1. The number of nitrogens with one attached hydrogen (secondary N) is 1. The molecule has 0 unspecified atom stereocenters. The highest BCUT2D eigenvalue weighted by Gasteiger charge is 2.33. The van der Waals surface area contributed by atoms with Crippen LogP contribution in [-0.4, -0.2) is 55.7 Å². The molecule has 3 N–H and O–H groups in total. The van der Waals surface area contributed by atoms with Gasteiger partial charge in [0, 0.05) is 17.6 Å². The van der Waals surface area contributed by atoms with Gasteiger partial charge in [0.05, 0.1) is 18.0 Å². The number of nitrogen functional groups attached to an aromatic ring is 1. The minimum atomic E-state index is -0.767. The molecule has 1 atom stereocenters. The highest BCUT2D eigenvalue weighted by Crippen LogP contribution is 2.33. The minimum Gasteiger partial charge on any atom is -0.457 e. The normalized spacial score (nSPS) is 16.2. The quantitative estimate of drug-likeness (QED) is 0.318. The second-order valence-electron chi connectivity index (χ2n) is 10.2. The van der Waals surface area contributed by atoms with E-state index in [1.54, 1.807) is 16.6 Å². The molecule has 39 heavy (non-hydrogen) atoms. The fourth-order valence-corrected chi connectivity index (χ4v) is 4.75. The van der Waals surface area contributed by atoms with Gasteiger partial charge in [0.1, 0.15) is 29.3 Å². The summed E-state index contributed by atoms with van der Waals surface area (Å²) in [6.07, 6.45) is 4.24. The van der Waals surface area contributed by atoms with Gasteiger partial charge in [0.2, 0.25) is 0 Å². The largest absolute Gasteiger partial charge is 0.457 e. The molecule has 1 fully saturated rings. The van der Waals surface area contributed by atoms with E-state index in [-0.39, 0.29) is 6.04 Å². The number of ether oxygens (including phenoxy) is 1. The number of rotatable bonds is 8. The Labute approximate surface area is 226 Å². The number of halogens is 1. The van der Waals surface area contributed by atoms with E-state index in [9.17, 15) is 9.18 Å². The molecule has 10 heteroatoms. The summed E-state index contributed by atoms with van der Waals surface area (Å²) in [5, 5.41) is 8.47. The molecule has 1 amide bonds. The SMILES string of the molecule is CNC(C)(C)C=C(F)C(=O)N1CCC[C@@H]1Cn1nc(-c2ccc(Oc3ccccc3)cc2)c2c(N)ncnc21. The van der Waals surface area contributed by atoms with Gasteiger partial charge in [-0.25, -0.2) is 19.0 Å². The van der Waals surface area contributed by atoms with Crippen LogP contribution in [0.2, 0.25) is 0 Å². The third-order valence-corrected chi connectivity index (χ3v) is 7.02. The summed E-state index contributed by atoms with van der Waals surface area (Å²) in [6.45, 7) is 4.46. The number of aromatic nitrogens is 4. The minimum absolute atomic E-state index is 0.233. The van der Waals surface area contributed by atoms with Gasteiger partial charge < -0.3 is 20.7 Å². The standard InChI is InChI=1S/C29H32FN7O2/c1-29(2,32-3)16-23(30)28(38)36-15-7-8-20(36)17-37-27-24(26(31)33-18-34-27)25(35-37)19-11-13-22(14-12-19)39-21-9-5-4-6-10-21/h4-6,9-14,16,18,20,32H,7-8,15,17H2,1-3H3,(H2,31,33,34)/t20-/m1/s1. The Morgan fingerprint density at radius 3 is 2.59 bits per heavy atom. The van der Waals surface area contributed by atoms with Gasteiger partial charge in [-0.15, -0.1) is 0 Å². The number of hydrogen-bond acceptors (Lipinski definition) is 7. The first-order chi connectivity index (χ1) is 18.8. The van der Waals surface area contributed by atoms with Crippen LogP contribution in [0.5, 0.6) is 11.5 Å². The maximum atomic E-state index is 14.9. The second kappa shape index (κ2) is 10.8. The molecule has 9 nitrogen and oxygen atoms in total. The first-order valence-electron chi connectivity index (χ1n) is 12.9. The number of nitrogens with two attached hydrogens (primary N) is 1. The van der Waals surface area contributed by atoms with Crippen LogP contribution in [0.3, 0.4) is 0 Å². The zero-order chi connectivity index (χ0) is 27.6. The maximum absolute atomic E-state index is 14.9. The molecule has 3 heterocycles. The lowest BCUT2D eigenvalue weighted by atomic mass is 10.0. The number of benzene rings is 2. The van der Waals surface area contributed by atoms with E-state index in [0.29, 0.717) is 41.4 Å². The smallest absolute Gasteiger partial charge is 0.282 e. The Balaban J connectivity index is 1.42. The lowest BCUT2D eigenvalue weighted by Crippen LogP contribution is -2.40. The van der Waals surface area contributed by atoms with Gasteiger partial charge in [0.15, 0.2) is 11.5 Å². The number of carbonyl (C=O) groups excluding carboxylic acids is 1. The van der Waals surface area contributed by atoms with Crippen LogP contribution in [0.1, 0.15) is 26.7 Å². The molecule has 0 bridgehead atoms. The van der Waals surface area contributed by atoms with Gasteiger partial charge in [-0.3, -0.25) is 4.79 Å². The third-order valence-electron chi connectivity index (χ3n) is 7.02. The molecule has 202 valence electrons. The zero-order valence-corrected chi connectivity index (χ0v) is 22.3. The van der Waals surface area contributed by atoms with Crippen molar-refractivity contribution in [3.05, 3.63) is 72.8 Å². The zero-order valence-electron chi connectivity index (χ0n) is 22.3. The predicted molar refractivity (Wildman–Crippen MR) is 149 cm³/mol. The fraction of sp³-hybridized carbons (Fsp3) is 0.310. The summed E-state index contributed by atoms with van der Waals surface area (Å²) >= 11 is 0. The van der Waals surface area contributed by atoms with Crippen molar-refractivity contribution in [1.29, 1.82) is 0 Å². The lowest BCUT2D eigenvalue weighted by Gasteiger charge is -2.25. The molecule has 0 spiro atoms. The van der Waals surface area contributed by atoms with Crippen LogP contribution in [0, 0.1) is 0 Å². The van der Waals surface area contributed by atoms with E-state index in [4.69, 9.17) is 15.6 Å². The van der Waals surface area contributed by atoms with Gasteiger partial charge in [-0.05, 0) is 76.2 Å². The van der Waals surface area contributed by atoms with E-state index < -0.39 is 17.3 Å². The van der Waals surface area contributed by atoms with Crippen molar-refractivity contribution in [3.8, 4) is 22.8 Å². The number of hydrogen-bond donors (Lipinski definition) is 2. The van der Waals surface area contributed by atoms with Crippen molar-refractivity contribution in [2.75, 3.05) is 19.3 Å². The van der Waals surface area contributed by atoms with Crippen LogP contribution in [0.4, 0.5) is 10.2 Å². The summed E-state index contributed by atoms with van der Waals surface area (Å²) in [7, 11) is 1.73. The van der Waals surface area contributed by atoms with Crippen LogP contribution in [0.25, 0.3) is 22.3 Å². The average Bonchev–Trinajstić information content (AvgIpc) is 3.55. The number of fused-ring (bicyclic) bond motifs is 1. The van der Waals surface area contributed by atoms with Crippen molar-refractivity contribution in [1.82, 2.24) is 30.0 Å². The molecule has 0 radical (unpaired) electrons. The van der Waals surface area contributed by atoms with E-state index in [1.807, 2.05) is 68.4 Å². The molecule has 1 aliphatic rings. The molecule has 1 aliphatic heterocycles. The van der Waals surface area contributed by atoms with Gasteiger partial charge in [-0.2, -0.15) is 5.10 Å². The molecule has 0 saturated carbocycles. The highest BCUT2D eigenvalue weighted by atomic mass is 19.1. The van der Waals surface area contributed by atoms with Gasteiger partial charge in [-0.1, -0.05) is 18.2 Å². The molecule has 5 rings (SSSR count). The van der Waals surface area contributed by atoms with Crippen LogP contribution >= 0.6 is 0 Å². The first kappa shape index (κ1) is 26.3. The predicted octanol–water partition coefficient (Wildman–Crippen LogP) is 4.71. The first-order valence-corrected chi connectivity index (χ1v) is 12.9. The number of anilines is 1.